The summed E-state index contributed by atoms with van der Waals surface area (Å²) in [6, 6.07) is 0. The van der Waals surface area contributed by atoms with Gasteiger partial charge in [0.05, 0.1) is 0 Å². The topological polar surface area (TPSA) is 0 Å². The van der Waals surface area contributed by atoms with Crippen molar-refractivity contribution >= 4 is 0 Å². The van der Waals surface area contributed by atoms with Gasteiger partial charge in [0.1, 0.15) is 0 Å². The minimum absolute atomic E-state index is 0.856. The number of allylic oxidation sites excluding steroid dienone is 1. The maximum atomic E-state index is 5.09. The van der Waals surface area contributed by atoms with Crippen LogP contribution in [0.4, 0.5) is 0 Å². The van der Waals surface area contributed by atoms with E-state index in [1.54, 1.807) is 89.0 Å². The molecule has 0 nitrogen and oxygen atoms in total. The Balaban J connectivity index is 1.12. The van der Waals surface area contributed by atoms with Crippen molar-refractivity contribution in [3.05, 3.63) is 12.2 Å². The molecule has 50 heavy (non-hydrogen) atoms. The maximum Gasteiger partial charge on any atom is -0.0146 e. The average molecular weight is 687 g/mol. The van der Waals surface area contributed by atoms with Crippen LogP contribution in [0, 0.1) is 88.8 Å². The van der Waals surface area contributed by atoms with Gasteiger partial charge in [-0.25, -0.2) is 0 Å². The lowest BCUT2D eigenvalue weighted by atomic mass is 9.45. The first kappa shape index (κ1) is 38.0. The number of hydrogen-bond acceptors (Lipinski definition) is 0. The first-order valence-electron chi connectivity index (χ1n) is 24.2. The second-order valence-electron chi connectivity index (χ2n) is 21.0. The molecule has 0 aromatic heterocycles. The largest absolute Gasteiger partial charge is 0.0996 e. The molecule has 0 radical (unpaired) electrons. The summed E-state index contributed by atoms with van der Waals surface area (Å²) in [5.74, 6) is 15.2. The smallest absolute Gasteiger partial charge is 0.0146 e. The van der Waals surface area contributed by atoms with Crippen LogP contribution in [0.15, 0.2) is 12.2 Å². The van der Waals surface area contributed by atoms with Crippen molar-refractivity contribution in [2.24, 2.45) is 88.8 Å². The Hall–Kier alpha value is -0.260. The average Bonchev–Trinajstić information content (AvgIpc) is 3.16. The standard InChI is InChI=1S/C50H86/c1-5-6-17-35(2)26-32-44-43-23-14-16-25-46(43)50(40-20-11-8-12-21-40)47-33-31-41(34-48(44)47)38-29-27-36(3)42-22-13-15-24-45(42)49(37(4)28-30-38)39-18-9-7-10-19-39/h35-36,38-50H,4-34H2,1-3H3. The molecule has 0 N–H and O–H groups in total. The van der Waals surface area contributed by atoms with Crippen LogP contribution in [0.1, 0.15) is 213 Å². The van der Waals surface area contributed by atoms with Gasteiger partial charge in [-0.05, 0) is 172 Å². The molecule has 0 aromatic carbocycles. The van der Waals surface area contributed by atoms with E-state index in [9.17, 15) is 0 Å². The van der Waals surface area contributed by atoms with Crippen molar-refractivity contribution < 1.29 is 0 Å². The summed E-state index contributed by atoms with van der Waals surface area (Å²) in [5, 5.41) is 0. The van der Waals surface area contributed by atoms with Crippen molar-refractivity contribution in [3.63, 3.8) is 0 Å². The molecule has 0 aromatic rings. The van der Waals surface area contributed by atoms with Gasteiger partial charge in [-0.3, -0.25) is 0 Å². The zero-order valence-electron chi connectivity index (χ0n) is 34.1. The van der Waals surface area contributed by atoms with Crippen LogP contribution in [0.3, 0.4) is 0 Å². The van der Waals surface area contributed by atoms with Crippen LogP contribution in [0.25, 0.3) is 0 Å². The summed E-state index contributed by atoms with van der Waals surface area (Å²) in [5.41, 5.74) is 1.75. The van der Waals surface area contributed by atoms with Crippen LogP contribution in [-0.4, -0.2) is 0 Å². The highest BCUT2D eigenvalue weighted by Gasteiger charge is 2.54. The molecule has 0 saturated heterocycles. The van der Waals surface area contributed by atoms with Crippen LogP contribution in [-0.2, 0) is 0 Å². The number of hydrogen-bond donors (Lipinski definition) is 0. The zero-order valence-corrected chi connectivity index (χ0v) is 34.1. The Kier molecular flexibility index (Phi) is 14.0. The van der Waals surface area contributed by atoms with Crippen LogP contribution in [0.5, 0.6) is 0 Å². The molecule has 7 aliphatic rings. The second-order valence-corrected chi connectivity index (χ2v) is 21.0. The quantitative estimate of drug-likeness (QED) is 0.212. The van der Waals surface area contributed by atoms with E-state index in [-0.39, 0.29) is 0 Å². The third kappa shape index (κ3) is 8.66. The van der Waals surface area contributed by atoms with Gasteiger partial charge in [0, 0.05) is 0 Å². The summed E-state index contributed by atoms with van der Waals surface area (Å²) in [6.45, 7) is 12.8. The van der Waals surface area contributed by atoms with Crippen molar-refractivity contribution in [2.75, 3.05) is 0 Å². The molecule has 0 aliphatic heterocycles. The normalized spacial score (nSPS) is 43.3. The third-order valence-corrected chi connectivity index (χ3v) is 18.4. The summed E-state index contributed by atoms with van der Waals surface area (Å²) < 4.78 is 0. The van der Waals surface area contributed by atoms with Gasteiger partial charge in [0.15, 0.2) is 0 Å². The van der Waals surface area contributed by atoms with Gasteiger partial charge >= 0.3 is 0 Å². The third-order valence-electron chi connectivity index (χ3n) is 18.4. The maximum absolute atomic E-state index is 5.09. The van der Waals surface area contributed by atoms with Gasteiger partial charge in [-0.2, -0.15) is 0 Å². The fraction of sp³-hybridized carbons (Fsp3) is 0.960. The fourth-order valence-electron chi connectivity index (χ4n) is 16.0. The first-order valence-corrected chi connectivity index (χ1v) is 24.2. The van der Waals surface area contributed by atoms with Gasteiger partial charge in [0.2, 0.25) is 0 Å². The minimum atomic E-state index is 0.856. The molecular formula is C50H86. The SMILES string of the molecule is C=C1CCC(C2CCC3C(C2)C(CCC(C)CCCC)C2CCCCC2C3C2CCCCC2)CCC(C)C2CCCCC2C1C1CCCCC1. The van der Waals surface area contributed by atoms with E-state index >= 15 is 0 Å². The van der Waals surface area contributed by atoms with Crippen LogP contribution in [0.2, 0.25) is 0 Å². The van der Waals surface area contributed by atoms with Crippen LogP contribution >= 0.6 is 0 Å². The number of unbranched alkanes of at least 4 members (excludes halogenated alkanes) is 1. The Morgan fingerprint density at radius 2 is 1.14 bits per heavy atom. The molecule has 0 bridgehead atoms. The second kappa shape index (κ2) is 18.4. The predicted octanol–water partition coefficient (Wildman–Crippen LogP) is 15.6. The van der Waals surface area contributed by atoms with E-state index in [0.717, 1.165) is 88.8 Å². The van der Waals surface area contributed by atoms with Crippen molar-refractivity contribution in [1.82, 2.24) is 0 Å². The summed E-state index contributed by atoms with van der Waals surface area (Å²) in [4.78, 5) is 0. The van der Waals surface area contributed by atoms with Crippen molar-refractivity contribution in [3.8, 4) is 0 Å². The Bertz CT molecular complexity index is 1010. The van der Waals surface area contributed by atoms with E-state index in [1.807, 2.05) is 0 Å². The van der Waals surface area contributed by atoms with E-state index in [2.05, 4.69) is 20.8 Å². The molecule has 0 heteroatoms. The minimum Gasteiger partial charge on any atom is -0.0996 e. The van der Waals surface area contributed by atoms with E-state index in [0.29, 0.717) is 0 Å². The molecule has 7 saturated carbocycles. The van der Waals surface area contributed by atoms with Gasteiger partial charge in [-0.15, -0.1) is 0 Å². The highest BCUT2D eigenvalue weighted by atomic mass is 14.6. The predicted molar refractivity (Wildman–Crippen MR) is 217 cm³/mol. The molecule has 13 atom stereocenters. The molecule has 0 heterocycles. The summed E-state index contributed by atoms with van der Waals surface area (Å²) in [6.07, 6.45) is 45.9. The van der Waals surface area contributed by atoms with E-state index in [4.69, 9.17) is 6.58 Å². The molecule has 7 aliphatic carbocycles. The lowest BCUT2D eigenvalue weighted by Gasteiger charge is -2.59. The molecule has 7 rings (SSSR count). The molecule has 7 fully saturated rings. The lowest BCUT2D eigenvalue weighted by molar-refractivity contribution is -0.106. The molecule has 0 amide bonds. The molecule has 13 unspecified atom stereocenters. The van der Waals surface area contributed by atoms with Gasteiger partial charge < -0.3 is 0 Å². The number of rotatable bonds is 9. The summed E-state index contributed by atoms with van der Waals surface area (Å²) in [7, 11) is 0. The molecule has 286 valence electrons. The Morgan fingerprint density at radius 1 is 0.540 bits per heavy atom. The Labute approximate surface area is 313 Å². The van der Waals surface area contributed by atoms with Crippen molar-refractivity contribution in [1.29, 1.82) is 0 Å². The number of fused-ring (bicyclic) bond motifs is 3. The summed E-state index contributed by atoms with van der Waals surface area (Å²) >= 11 is 0. The van der Waals surface area contributed by atoms with Gasteiger partial charge in [-0.1, -0.05) is 142 Å². The molecule has 0 spiro atoms. The highest BCUT2D eigenvalue weighted by Crippen LogP contribution is 2.62. The Morgan fingerprint density at radius 3 is 1.86 bits per heavy atom. The molecular weight excluding hydrogens is 601 g/mol. The van der Waals surface area contributed by atoms with Gasteiger partial charge in [0.25, 0.3) is 0 Å². The van der Waals surface area contributed by atoms with Crippen molar-refractivity contribution in [2.45, 2.75) is 213 Å². The first-order chi connectivity index (χ1) is 24.5. The zero-order chi connectivity index (χ0) is 34.5. The lowest BCUT2D eigenvalue weighted by Crippen LogP contribution is -2.52. The highest BCUT2D eigenvalue weighted by molar-refractivity contribution is 5.09. The van der Waals surface area contributed by atoms with E-state index in [1.165, 1.54) is 109 Å². The monoisotopic (exact) mass is 687 g/mol. The van der Waals surface area contributed by atoms with Crippen LogP contribution < -0.4 is 0 Å². The fourth-order valence-corrected chi connectivity index (χ4v) is 16.0. The van der Waals surface area contributed by atoms with E-state index < -0.39 is 0 Å².